The van der Waals surface area contributed by atoms with Crippen LogP contribution in [0.3, 0.4) is 0 Å². The number of anilines is 1. The van der Waals surface area contributed by atoms with E-state index in [9.17, 15) is 9.59 Å². The third kappa shape index (κ3) is 4.55. The SMILES string of the molecule is CCOC(=O)C(=NNc1ccccc1Cl)C(=O)OCC. The van der Waals surface area contributed by atoms with Gasteiger partial charge in [0.05, 0.1) is 23.9 Å². The summed E-state index contributed by atoms with van der Waals surface area (Å²) in [4.78, 5) is 23.3. The second kappa shape index (κ2) is 8.16. The smallest absolute Gasteiger partial charge is 0.366 e. The van der Waals surface area contributed by atoms with Crippen LogP contribution in [-0.2, 0) is 19.1 Å². The Balaban J connectivity index is 2.92. The highest BCUT2D eigenvalue weighted by atomic mass is 35.5. The lowest BCUT2D eigenvalue weighted by atomic mass is 10.3. The van der Waals surface area contributed by atoms with Gasteiger partial charge < -0.3 is 9.47 Å². The van der Waals surface area contributed by atoms with Gasteiger partial charge in [-0.05, 0) is 26.0 Å². The number of para-hydroxylation sites is 1. The van der Waals surface area contributed by atoms with E-state index in [1.165, 1.54) is 0 Å². The molecule has 0 atom stereocenters. The number of hydrazone groups is 1. The molecule has 1 aromatic carbocycles. The van der Waals surface area contributed by atoms with Crippen molar-refractivity contribution in [3.05, 3.63) is 29.3 Å². The molecule has 0 spiro atoms. The minimum atomic E-state index is -0.856. The van der Waals surface area contributed by atoms with Gasteiger partial charge in [-0.1, -0.05) is 23.7 Å². The lowest BCUT2D eigenvalue weighted by Crippen LogP contribution is -2.29. The normalized spacial score (nSPS) is 9.55. The fraction of sp³-hybridized carbons (Fsp3) is 0.308. The molecule has 6 nitrogen and oxygen atoms in total. The van der Waals surface area contributed by atoms with Crippen molar-refractivity contribution in [1.29, 1.82) is 0 Å². The summed E-state index contributed by atoms with van der Waals surface area (Å²) in [5.74, 6) is -1.71. The predicted octanol–water partition coefficient (Wildman–Crippen LogP) is 2.23. The van der Waals surface area contributed by atoms with Crippen LogP contribution in [0.5, 0.6) is 0 Å². The van der Waals surface area contributed by atoms with Gasteiger partial charge >= 0.3 is 11.9 Å². The van der Waals surface area contributed by atoms with E-state index < -0.39 is 17.7 Å². The van der Waals surface area contributed by atoms with Gasteiger partial charge in [0.2, 0.25) is 0 Å². The number of nitrogens with one attached hydrogen (secondary N) is 1. The van der Waals surface area contributed by atoms with E-state index in [1.807, 2.05) is 0 Å². The zero-order chi connectivity index (χ0) is 15.0. The van der Waals surface area contributed by atoms with Gasteiger partial charge in [-0.2, -0.15) is 5.10 Å². The van der Waals surface area contributed by atoms with Crippen LogP contribution in [0.15, 0.2) is 29.4 Å². The molecule has 108 valence electrons. The van der Waals surface area contributed by atoms with Crippen LogP contribution >= 0.6 is 11.6 Å². The summed E-state index contributed by atoms with van der Waals surface area (Å²) in [5, 5.41) is 4.13. The fourth-order valence-corrected chi connectivity index (χ4v) is 1.42. The van der Waals surface area contributed by atoms with Crippen LogP contribution in [0, 0.1) is 0 Å². The maximum Gasteiger partial charge on any atom is 0.366 e. The number of esters is 2. The summed E-state index contributed by atoms with van der Waals surface area (Å²) in [7, 11) is 0. The molecule has 0 aliphatic heterocycles. The number of carbonyl (C=O) groups is 2. The molecular formula is C13H15ClN2O4. The maximum atomic E-state index is 11.6. The van der Waals surface area contributed by atoms with Gasteiger partial charge in [-0.15, -0.1) is 0 Å². The largest absolute Gasteiger partial charge is 0.461 e. The molecule has 0 radical (unpaired) electrons. The quantitative estimate of drug-likeness (QED) is 0.377. The zero-order valence-corrected chi connectivity index (χ0v) is 11.9. The third-order valence-corrected chi connectivity index (χ3v) is 2.43. The molecule has 0 aromatic heterocycles. The average molecular weight is 299 g/mol. The minimum Gasteiger partial charge on any atom is -0.461 e. The van der Waals surface area contributed by atoms with Crippen molar-refractivity contribution in [3.63, 3.8) is 0 Å². The highest BCUT2D eigenvalue weighted by molar-refractivity contribution is 6.62. The molecule has 1 aromatic rings. The molecule has 7 heteroatoms. The summed E-state index contributed by atoms with van der Waals surface area (Å²) >= 11 is 5.93. The lowest BCUT2D eigenvalue weighted by molar-refractivity contribution is -0.140. The Hall–Kier alpha value is -2.08. The summed E-state index contributed by atoms with van der Waals surface area (Å²) in [6.45, 7) is 3.51. The molecule has 0 heterocycles. The predicted molar refractivity (Wildman–Crippen MR) is 75.8 cm³/mol. The number of ether oxygens (including phenoxy) is 2. The Bertz CT molecular complexity index is 497. The summed E-state index contributed by atoms with van der Waals surface area (Å²) in [6, 6.07) is 6.78. The van der Waals surface area contributed by atoms with Crippen molar-refractivity contribution in [2.75, 3.05) is 18.6 Å². The number of hydrogen-bond acceptors (Lipinski definition) is 6. The molecule has 20 heavy (non-hydrogen) atoms. The molecule has 1 N–H and O–H groups in total. The molecule has 0 amide bonds. The van der Waals surface area contributed by atoms with Crippen molar-refractivity contribution in [1.82, 2.24) is 0 Å². The molecule has 0 saturated carbocycles. The van der Waals surface area contributed by atoms with Crippen LogP contribution in [0.4, 0.5) is 5.69 Å². The van der Waals surface area contributed by atoms with E-state index >= 15 is 0 Å². The first-order valence-electron chi connectivity index (χ1n) is 6.02. The summed E-state index contributed by atoms with van der Waals surface area (Å²) in [5.41, 5.74) is 2.54. The molecule has 0 fully saturated rings. The van der Waals surface area contributed by atoms with E-state index in [0.717, 1.165) is 0 Å². The average Bonchev–Trinajstić information content (AvgIpc) is 2.41. The molecule has 0 aliphatic rings. The molecule has 0 aliphatic carbocycles. The zero-order valence-electron chi connectivity index (χ0n) is 11.2. The number of carbonyl (C=O) groups excluding carboxylic acids is 2. The van der Waals surface area contributed by atoms with E-state index in [1.54, 1.807) is 38.1 Å². The van der Waals surface area contributed by atoms with E-state index in [2.05, 4.69) is 10.5 Å². The summed E-state index contributed by atoms with van der Waals surface area (Å²) < 4.78 is 9.49. The van der Waals surface area contributed by atoms with E-state index in [0.29, 0.717) is 10.7 Å². The van der Waals surface area contributed by atoms with Gasteiger partial charge in [0.25, 0.3) is 5.71 Å². The molecular weight excluding hydrogens is 284 g/mol. The van der Waals surface area contributed by atoms with Gasteiger partial charge in [0, 0.05) is 0 Å². The molecule has 0 bridgehead atoms. The second-order valence-electron chi connectivity index (χ2n) is 3.49. The molecule has 1 rings (SSSR count). The lowest BCUT2D eigenvalue weighted by Gasteiger charge is -2.07. The Morgan fingerprint density at radius 2 is 1.70 bits per heavy atom. The first-order chi connectivity index (χ1) is 9.60. The third-order valence-electron chi connectivity index (χ3n) is 2.10. The van der Waals surface area contributed by atoms with Crippen molar-refractivity contribution < 1.29 is 19.1 Å². The Morgan fingerprint density at radius 3 is 2.20 bits per heavy atom. The minimum absolute atomic E-state index is 0.128. The fourth-order valence-electron chi connectivity index (χ4n) is 1.24. The van der Waals surface area contributed by atoms with Crippen molar-refractivity contribution >= 4 is 34.9 Å². The van der Waals surface area contributed by atoms with E-state index in [-0.39, 0.29) is 13.2 Å². The van der Waals surface area contributed by atoms with Crippen molar-refractivity contribution in [2.45, 2.75) is 13.8 Å². The first-order valence-corrected chi connectivity index (χ1v) is 6.40. The van der Waals surface area contributed by atoms with Gasteiger partial charge in [-0.25, -0.2) is 9.59 Å². The Kier molecular flexibility index (Phi) is 6.52. The van der Waals surface area contributed by atoms with Crippen LogP contribution in [-0.4, -0.2) is 30.9 Å². The number of hydrogen-bond donors (Lipinski definition) is 1. The standard InChI is InChI=1S/C13H15ClN2O4/c1-3-19-12(17)11(13(18)20-4-2)16-15-10-8-6-5-7-9(10)14/h5-8,15H,3-4H2,1-2H3. The monoisotopic (exact) mass is 298 g/mol. The Morgan fingerprint density at radius 1 is 1.15 bits per heavy atom. The highest BCUT2D eigenvalue weighted by Crippen LogP contribution is 2.20. The second-order valence-corrected chi connectivity index (χ2v) is 3.90. The van der Waals surface area contributed by atoms with Crippen LogP contribution < -0.4 is 5.43 Å². The maximum absolute atomic E-state index is 11.6. The topological polar surface area (TPSA) is 77.0 Å². The van der Waals surface area contributed by atoms with Crippen molar-refractivity contribution in [3.8, 4) is 0 Å². The number of rotatable bonds is 6. The van der Waals surface area contributed by atoms with Gasteiger partial charge in [0.15, 0.2) is 0 Å². The highest BCUT2D eigenvalue weighted by Gasteiger charge is 2.23. The van der Waals surface area contributed by atoms with Crippen LogP contribution in [0.2, 0.25) is 5.02 Å². The first kappa shape index (κ1) is 16.0. The molecule has 0 saturated heterocycles. The van der Waals surface area contributed by atoms with Crippen LogP contribution in [0.25, 0.3) is 0 Å². The summed E-state index contributed by atoms with van der Waals surface area (Å²) in [6.07, 6.45) is 0. The van der Waals surface area contributed by atoms with Crippen molar-refractivity contribution in [2.24, 2.45) is 5.10 Å². The van der Waals surface area contributed by atoms with Gasteiger partial charge in [-0.3, -0.25) is 5.43 Å². The number of halogens is 1. The van der Waals surface area contributed by atoms with Crippen LogP contribution in [0.1, 0.15) is 13.8 Å². The molecule has 0 unspecified atom stereocenters. The Labute approximate surface area is 121 Å². The number of benzene rings is 1. The van der Waals surface area contributed by atoms with E-state index in [4.69, 9.17) is 21.1 Å². The van der Waals surface area contributed by atoms with Gasteiger partial charge in [0.1, 0.15) is 0 Å². The number of nitrogens with zero attached hydrogens (tertiary/aromatic N) is 1.